The lowest BCUT2D eigenvalue weighted by atomic mass is 10.2. The van der Waals surface area contributed by atoms with Crippen molar-refractivity contribution in [3.05, 3.63) is 64.8 Å². The number of amides is 1. The van der Waals surface area contributed by atoms with Crippen LogP contribution >= 0.6 is 15.9 Å². The SMILES string of the molecule is O=C(CN1CCN(C/C=C/c2ccccc2)CC1)Nc1ccc(Br)cn1. The predicted octanol–water partition coefficient (Wildman–Crippen LogP) is 3.11. The molecule has 1 N–H and O–H groups in total. The Morgan fingerprint density at radius 3 is 2.50 bits per heavy atom. The van der Waals surface area contributed by atoms with Crippen LogP contribution in [0.3, 0.4) is 0 Å². The number of hydrogen-bond donors (Lipinski definition) is 1. The summed E-state index contributed by atoms with van der Waals surface area (Å²) in [4.78, 5) is 20.9. The Morgan fingerprint density at radius 1 is 1.08 bits per heavy atom. The van der Waals surface area contributed by atoms with E-state index in [-0.39, 0.29) is 5.91 Å². The first-order valence-electron chi connectivity index (χ1n) is 8.77. The largest absolute Gasteiger partial charge is 0.310 e. The Morgan fingerprint density at radius 2 is 1.81 bits per heavy atom. The molecule has 3 rings (SSSR count). The quantitative estimate of drug-likeness (QED) is 0.788. The van der Waals surface area contributed by atoms with E-state index in [2.05, 4.69) is 60.3 Å². The van der Waals surface area contributed by atoms with E-state index in [9.17, 15) is 4.79 Å². The molecule has 5 nitrogen and oxygen atoms in total. The highest BCUT2D eigenvalue weighted by molar-refractivity contribution is 9.10. The lowest BCUT2D eigenvalue weighted by Gasteiger charge is -2.33. The number of hydrogen-bond acceptors (Lipinski definition) is 4. The highest BCUT2D eigenvalue weighted by atomic mass is 79.9. The number of pyridine rings is 1. The average Bonchev–Trinajstić information content (AvgIpc) is 2.66. The van der Waals surface area contributed by atoms with Crippen molar-refractivity contribution in [3.63, 3.8) is 0 Å². The number of nitrogens with zero attached hydrogens (tertiary/aromatic N) is 3. The first-order valence-corrected chi connectivity index (χ1v) is 9.56. The second kappa shape index (κ2) is 9.62. The Balaban J connectivity index is 1.37. The molecule has 0 unspecified atom stereocenters. The second-order valence-electron chi connectivity index (χ2n) is 6.30. The molecule has 1 amide bonds. The Kier molecular flexibility index (Phi) is 6.94. The van der Waals surface area contributed by atoms with Crippen LogP contribution in [0.2, 0.25) is 0 Å². The molecule has 1 aliphatic heterocycles. The molecular weight excluding hydrogens is 392 g/mol. The molecule has 0 spiro atoms. The number of carbonyl (C=O) groups is 1. The third-order valence-corrected chi connectivity index (χ3v) is 4.77. The van der Waals surface area contributed by atoms with E-state index < -0.39 is 0 Å². The van der Waals surface area contributed by atoms with Crippen LogP contribution in [0.1, 0.15) is 5.56 Å². The summed E-state index contributed by atoms with van der Waals surface area (Å²) in [7, 11) is 0. The van der Waals surface area contributed by atoms with Crippen LogP contribution in [0.25, 0.3) is 6.08 Å². The van der Waals surface area contributed by atoms with Crippen LogP contribution in [0, 0.1) is 0 Å². The van der Waals surface area contributed by atoms with E-state index in [0.29, 0.717) is 12.4 Å². The predicted molar refractivity (Wildman–Crippen MR) is 109 cm³/mol. The van der Waals surface area contributed by atoms with Crippen molar-refractivity contribution in [2.24, 2.45) is 0 Å². The smallest absolute Gasteiger partial charge is 0.239 e. The number of nitrogens with one attached hydrogen (secondary N) is 1. The minimum absolute atomic E-state index is 0.0164. The van der Waals surface area contributed by atoms with Crippen LogP contribution < -0.4 is 5.32 Å². The van der Waals surface area contributed by atoms with E-state index >= 15 is 0 Å². The van der Waals surface area contributed by atoms with Crippen molar-refractivity contribution < 1.29 is 4.79 Å². The summed E-state index contributed by atoms with van der Waals surface area (Å²) >= 11 is 3.34. The Bertz CT molecular complexity index is 725. The second-order valence-corrected chi connectivity index (χ2v) is 7.22. The summed E-state index contributed by atoms with van der Waals surface area (Å²) in [6.07, 6.45) is 6.04. The normalized spacial score (nSPS) is 16.0. The van der Waals surface area contributed by atoms with Crippen molar-refractivity contribution in [2.45, 2.75) is 0 Å². The summed E-state index contributed by atoms with van der Waals surface area (Å²) in [5.74, 6) is 0.570. The summed E-state index contributed by atoms with van der Waals surface area (Å²) in [5.41, 5.74) is 1.23. The fourth-order valence-electron chi connectivity index (χ4n) is 2.87. The monoisotopic (exact) mass is 414 g/mol. The topological polar surface area (TPSA) is 48.5 Å². The van der Waals surface area contributed by atoms with Gasteiger partial charge in [0.25, 0.3) is 0 Å². The zero-order valence-electron chi connectivity index (χ0n) is 14.6. The molecule has 26 heavy (non-hydrogen) atoms. The highest BCUT2D eigenvalue weighted by Crippen LogP contribution is 2.10. The molecule has 1 aromatic heterocycles. The zero-order chi connectivity index (χ0) is 18.2. The molecule has 1 fully saturated rings. The highest BCUT2D eigenvalue weighted by Gasteiger charge is 2.18. The summed E-state index contributed by atoms with van der Waals surface area (Å²) in [6.45, 7) is 5.11. The number of halogens is 1. The first kappa shape index (κ1) is 18.8. The number of benzene rings is 1. The van der Waals surface area contributed by atoms with Crippen molar-refractivity contribution >= 4 is 33.7 Å². The van der Waals surface area contributed by atoms with Gasteiger partial charge in [0.1, 0.15) is 5.82 Å². The van der Waals surface area contributed by atoms with Crippen molar-refractivity contribution in [3.8, 4) is 0 Å². The lowest BCUT2D eigenvalue weighted by molar-refractivity contribution is -0.117. The molecular formula is C20H23BrN4O. The van der Waals surface area contributed by atoms with Gasteiger partial charge in [0.15, 0.2) is 0 Å². The molecule has 1 saturated heterocycles. The summed E-state index contributed by atoms with van der Waals surface area (Å²) in [6, 6.07) is 14.0. The molecule has 2 aromatic rings. The first-order chi connectivity index (χ1) is 12.7. The maximum atomic E-state index is 12.1. The summed E-state index contributed by atoms with van der Waals surface area (Å²) < 4.78 is 0.896. The molecule has 2 heterocycles. The van der Waals surface area contributed by atoms with E-state index in [1.54, 1.807) is 12.3 Å². The lowest BCUT2D eigenvalue weighted by Crippen LogP contribution is -2.48. The van der Waals surface area contributed by atoms with Gasteiger partial charge in [-0.05, 0) is 33.6 Å². The van der Waals surface area contributed by atoms with Gasteiger partial charge in [0.2, 0.25) is 5.91 Å². The molecule has 136 valence electrons. The Hall–Kier alpha value is -2.02. The number of rotatable bonds is 6. The van der Waals surface area contributed by atoms with Crippen LogP contribution in [-0.2, 0) is 4.79 Å². The number of carbonyl (C=O) groups excluding carboxylic acids is 1. The maximum Gasteiger partial charge on any atom is 0.239 e. The minimum Gasteiger partial charge on any atom is -0.310 e. The van der Waals surface area contributed by atoms with Gasteiger partial charge >= 0.3 is 0 Å². The van der Waals surface area contributed by atoms with Gasteiger partial charge < -0.3 is 5.32 Å². The molecule has 0 radical (unpaired) electrons. The van der Waals surface area contributed by atoms with Gasteiger partial charge in [-0.15, -0.1) is 0 Å². The summed E-state index contributed by atoms with van der Waals surface area (Å²) in [5, 5.41) is 2.84. The third-order valence-electron chi connectivity index (χ3n) is 4.30. The fourth-order valence-corrected chi connectivity index (χ4v) is 3.10. The van der Waals surface area contributed by atoms with Crippen molar-refractivity contribution in [1.29, 1.82) is 0 Å². The zero-order valence-corrected chi connectivity index (χ0v) is 16.2. The van der Waals surface area contributed by atoms with Gasteiger partial charge in [-0.2, -0.15) is 0 Å². The molecule has 1 aromatic carbocycles. The standard InChI is InChI=1S/C20H23BrN4O/c21-18-8-9-19(22-15-18)23-20(26)16-25-13-11-24(12-14-25)10-4-7-17-5-2-1-3-6-17/h1-9,15H,10-14,16H2,(H,22,23,26)/b7-4+. The minimum atomic E-state index is -0.0164. The number of piperazine rings is 1. The number of anilines is 1. The maximum absolute atomic E-state index is 12.1. The van der Waals surface area contributed by atoms with Gasteiger partial charge in [-0.25, -0.2) is 4.98 Å². The molecule has 1 aliphatic rings. The van der Waals surface area contributed by atoms with Crippen molar-refractivity contribution in [1.82, 2.24) is 14.8 Å². The van der Waals surface area contributed by atoms with Gasteiger partial charge in [0, 0.05) is 43.4 Å². The number of aromatic nitrogens is 1. The molecule has 0 aliphatic carbocycles. The Labute approximate surface area is 162 Å². The average molecular weight is 415 g/mol. The van der Waals surface area contributed by atoms with E-state index in [4.69, 9.17) is 0 Å². The van der Waals surface area contributed by atoms with E-state index in [1.807, 2.05) is 24.3 Å². The van der Waals surface area contributed by atoms with E-state index in [0.717, 1.165) is 37.2 Å². The van der Waals surface area contributed by atoms with Crippen LogP contribution in [0.5, 0.6) is 0 Å². The van der Waals surface area contributed by atoms with Crippen molar-refractivity contribution in [2.75, 3.05) is 44.6 Å². The van der Waals surface area contributed by atoms with Gasteiger partial charge in [0.05, 0.1) is 6.54 Å². The third kappa shape index (κ3) is 6.05. The fraction of sp³-hybridized carbons (Fsp3) is 0.300. The van der Waals surface area contributed by atoms with Crippen LogP contribution in [0.15, 0.2) is 59.2 Å². The van der Waals surface area contributed by atoms with Crippen LogP contribution in [-0.4, -0.2) is 60.0 Å². The molecule has 6 heteroatoms. The van der Waals surface area contributed by atoms with Gasteiger partial charge in [-0.3, -0.25) is 14.6 Å². The van der Waals surface area contributed by atoms with Crippen LogP contribution in [0.4, 0.5) is 5.82 Å². The molecule has 0 bridgehead atoms. The van der Waals surface area contributed by atoms with E-state index in [1.165, 1.54) is 5.56 Å². The molecule has 0 atom stereocenters. The molecule has 0 saturated carbocycles. The van der Waals surface area contributed by atoms with Gasteiger partial charge in [-0.1, -0.05) is 42.5 Å².